The fourth-order valence-electron chi connectivity index (χ4n) is 3.62. The van der Waals surface area contributed by atoms with Gasteiger partial charge in [-0.2, -0.15) is 0 Å². The number of hydrogen-bond acceptors (Lipinski definition) is 4. The molecular formula is C29H30N2O5. The molecule has 0 heterocycles. The molecule has 7 nitrogen and oxygen atoms in total. The Kier molecular flexibility index (Phi) is 10.3. The molecule has 36 heavy (non-hydrogen) atoms. The molecule has 0 saturated carbocycles. The van der Waals surface area contributed by atoms with Crippen LogP contribution in [-0.4, -0.2) is 35.2 Å². The summed E-state index contributed by atoms with van der Waals surface area (Å²) in [5.74, 6) is -1.35. The summed E-state index contributed by atoms with van der Waals surface area (Å²) in [4.78, 5) is 36.8. The van der Waals surface area contributed by atoms with E-state index in [4.69, 9.17) is 9.84 Å². The zero-order valence-corrected chi connectivity index (χ0v) is 19.9. The van der Waals surface area contributed by atoms with E-state index in [1.165, 1.54) is 6.08 Å². The van der Waals surface area contributed by atoms with E-state index >= 15 is 0 Å². The van der Waals surface area contributed by atoms with Crippen molar-refractivity contribution in [3.63, 3.8) is 0 Å². The minimum absolute atomic E-state index is 0.0842. The minimum Gasteiger partial charge on any atom is -0.481 e. The van der Waals surface area contributed by atoms with Gasteiger partial charge in [-0.05, 0) is 23.1 Å². The molecule has 0 saturated heterocycles. The van der Waals surface area contributed by atoms with Crippen molar-refractivity contribution in [2.24, 2.45) is 0 Å². The molecule has 0 aliphatic heterocycles. The molecule has 0 fully saturated rings. The number of ether oxygens (including phenoxy) is 1. The average molecular weight is 487 g/mol. The monoisotopic (exact) mass is 486 g/mol. The van der Waals surface area contributed by atoms with Crippen molar-refractivity contribution in [2.75, 3.05) is 0 Å². The normalized spacial score (nSPS) is 12.4. The Morgan fingerprint density at radius 3 is 1.83 bits per heavy atom. The number of aliphatic carboxylic acids is 1. The standard InChI is InChI=1S/C29H30N2O5/c32-27(33)18-10-17-25(19-22-11-4-1-5-12-22)30-28(34)26(20-23-13-6-2-7-14-23)31-29(35)36-21-24-15-8-3-9-16-24/h1-17,25-26H,18-21H2,(H,30,34)(H,31,35)(H,32,33)/b17-10+. The number of carbonyl (C=O) groups excluding carboxylic acids is 2. The number of carbonyl (C=O) groups is 3. The van der Waals surface area contributed by atoms with Crippen molar-refractivity contribution in [2.45, 2.75) is 38.0 Å². The molecule has 3 aromatic carbocycles. The lowest BCUT2D eigenvalue weighted by molar-refractivity contribution is -0.136. The lowest BCUT2D eigenvalue weighted by atomic mass is 10.0. The van der Waals surface area contributed by atoms with Crippen LogP contribution in [0.3, 0.4) is 0 Å². The lowest BCUT2D eigenvalue weighted by Gasteiger charge is -2.22. The number of benzene rings is 3. The highest BCUT2D eigenvalue weighted by Crippen LogP contribution is 2.09. The fraction of sp³-hybridized carbons (Fsp3) is 0.207. The van der Waals surface area contributed by atoms with Crippen LogP contribution in [0.25, 0.3) is 0 Å². The zero-order chi connectivity index (χ0) is 25.6. The van der Waals surface area contributed by atoms with E-state index in [1.807, 2.05) is 91.0 Å². The Morgan fingerprint density at radius 1 is 0.750 bits per heavy atom. The van der Waals surface area contributed by atoms with Crippen LogP contribution in [0.15, 0.2) is 103 Å². The first-order valence-electron chi connectivity index (χ1n) is 11.7. The van der Waals surface area contributed by atoms with Crippen LogP contribution in [0.2, 0.25) is 0 Å². The molecule has 0 spiro atoms. The van der Waals surface area contributed by atoms with Gasteiger partial charge >= 0.3 is 12.1 Å². The Hall–Kier alpha value is -4.39. The first kappa shape index (κ1) is 26.2. The second-order valence-corrected chi connectivity index (χ2v) is 8.28. The van der Waals surface area contributed by atoms with E-state index in [0.29, 0.717) is 6.42 Å². The number of carboxylic acids is 1. The van der Waals surface area contributed by atoms with Crippen molar-refractivity contribution in [1.82, 2.24) is 10.6 Å². The number of amides is 2. The molecule has 0 bridgehead atoms. The molecule has 0 radical (unpaired) electrons. The van der Waals surface area contributed by atoms with Gasteiger partial charge in [-0.3, -0.25) is 9.59 Å². The summed E-state index contributed by atoms with van der Waals surface area (Å²) in [7, 11) is 0. The summed E-state index contributed by atoms with van der Waals surface area (Å²) in [6, 6.07) is 26.9. The third kappa shape index (κ3) is 9.46. The maximum Gasteiger partial charge on any atom is 0.408 e. The number of hydrogen-bond donors (Lipinski definition) is 3. The van der Waals surface area contributed by atoms with Gasteiger partial charge in [0.05, 0.1) is 12.5 Å². The van der Waals surface area contributed by atoms with E-state index in [9.17, 15) is 14.4 Å². The molecule has 3 aromatic rings. The second-order valence-electron chi connectivity index (χ2n) is 8.28. The maximum absolute atomic E-state index is 13.3. The number of carboxylic acid groups (broad SMARTS) is 1. The molecular weight excluding hydrogens is 456 g/mol. The summed E-state index contributed by atoms with van der Waals surface area (Å²) >= 11 is 0. The van der Waals surface area contributed by atoms with Crippen LogP contribution >= 0.6 is 0 Å². The molecule has 7 heteroatoms. The maximum atomic E-state index is 13.3. The van der Waals surface area contributed by atoms with Gasteiger partial charge in [-0.15, -0.1) is 0 Å². The third-order valence-corrected chi connectivity index (χ3v) is 5.39. The van der Waals surface area contributed by atoms with Crippen LogP contribution < -0.4 is 10.6 Å². The Morgan fingerprint density at radius 2 is 1.28 bits per heavy atom. The van der Waals surface area contributed by atoms with Crippen LogP contribution in [0.1, 0.15) is 23.1 Å². The zero-order valence-electron chi connectivity index (χ0n) is 19.9. The van der Waals surface area contributed by atoms with Gasteiger partial charge in [-0.1, -0.05) is 103 Å². The number of rotatable bonds is 12. The van der Waals surface area contributed by atoms with Crippen LogP contribution in [-0.2, 0) is 33.8 Å². The number of alkyl carbamates (subject to hydrolysis) is 1. The summed E-state index contributed by atoms with van der Waals surface area (Å²) in [5.41, 5.74) is 2.70. The van der Waals surface area contributed by atoms with Crippen molar-refractivity contribution in [3.8, 4) is 0 Å². The largest absolute Gasteiger partial charge is 0.481 e. The minimum atomic E-state index is -0.958. The smallest absolute Gasteiger partial charge is 0.408 e. The molecule has 0 aromatic heterocycles. The van der Waals surface area contributed by atoms with Gasteiger partial charge in [-0.25, -0.2) is 4.79 Å². The molecule has 3 rings (SSSR count). The Balaban J connectivity index is 1.71. The predicted molar refractivity (Wildman–Crippen MR) is 137 cm³/mol. The van der Waals surface area contributed by atoms with Gasteiger partial charge in [0.15, 0.2) is 0 Å². The summed E-state index contributed by atoms with van der Waals surface area (Å²) in [6.45, 7) is 0.0842. The topological polar surface area (TPSA) is 105 Å². The second kappa shape index (κ2) is 14.1. The van der Waals surface area contributed by atoms with Crippen molar-refractivity contribution < 1.29 is 24.2 Å². The van der Waals surface area contributed by atoms with Crippen molar-refractivity contribution in [3.05, 3.63) is 120 Å². The fourth-order valence-corrected chi connectivity index (χ4v) is 3.62. The Labute approximate surface area is 210 Å². The van der Waals surface area contributed by atoms with E-state index in [1.54, 1.807) is 6.08 Å². The van der Waals surface area contributed by atoms with Gasteiger partial charge in [0.1, 0.15) is 12.6 Å². The van der Waals surface area contributed by atoms with E-state index in [2.05, 4.69) is 10.6 Å². The highest BCUT2D eigenvalue weighted by atomic mass is 16.5. The molecule has 2 atom stereocenters. The third-order valence-electron chi connectivity index (χ3n) is 5.39. The molecule has 2 unspecified atom stereocenters. The van der Waals surface area contributed by atoms with Crippen LogP contribution in [0, 0.1) is 0 Å². The van der Waals surface area contributed by atoms with Crippen LogP contribution in [0.5, 0.6) is 0 Å². The molecule has 3 N–H and O–H groups in total. The van der Waals surface area contributed by atoms with Crippen molar-refractivity contribution >= 4 is 18.0 Å². The summed E-state index contributed by atoms with van der Waals surface area (Å²) in [5, 5.41) is 14.6. The van der Waals surface area contributed by atoms with E-state index in [0.717, 1.165) is 16.7 Å². The predicted octanol–water partition coefficient (Wildman–Crippen LogP) is 4.28. The first-order chi connectivity index (χ1) is 17.5. The van der Waals surface area contributed by atoms with Crippen LogP contribution in [0.4, 0.5) is 4.79 Å². The van der Waals surface area contributed by atoms with Gasteiger partial charge in [0, 0.05) is 6.42 Å². The lowest BCUT2D eigenvalue weighted by Crippen LogP contribution is -2.50. The molecule has 0 aliphatic carbocycles. The molecule has 186 valence electrons. The van der Waals surface area contributed by atoms with Gasteiger partial charge in [0.25, 0.3) is 0 Å². The summed E-state index contributed by atoms with van der Waals surface area (Å²) < 4.78 is 5.33. The molecule has 0 aliphatic rings. The molecule has 2 amide bonds. The Bertz CT molecular complexity index is 1130. The van der Waals surface area contributed by atoms with Gasteiger partial charge < -0.3 is 20.5 Å². The summed E-state index contributed by atoms with van der Waals surface area (Å²) in [6.07, 6.45) is 3.08. The SMILES string of the molecule is O=C(O)C/C=C/C(Cc1ccccc1)NC(=O)C(Cc1ccccc1)NC(=O)OCc1ccccc1. The van der Waals surface area contributed by atoms with Crippen molar-refractivity contribution in [1.29, 1.82) is 0 Å². The van der Waals surface area contributed by atoms with E-state index < -0.39 is 30.1 Å². The van der Waals surface area contributed by atoms with Gasteiger partial charge in [0.2, 0.25) is 5.91 Å². The first-order valence-corrected chi connectivity index (χ1v) is 11.7. The highest BCUT2D eigenvalue weighted by molar-refractivity contribution is 5.86. The highest BCUT2D eigenvalue weighted by Gasteiger charge is 2.24. The van der Waals surface area contributed by atoms with E-state index in [-0.39, 0.29) is 19.4 Å². The quantitative estimate of drug-likeness (QED) is 0.332. The number of nitrogens with one attached hydrogen (secondary N) is 2. The average Bonchev–Trinajstić information content (AvgIpc) is 2.88.